The Morgan fingerprint density at radius 2 is 1.83 bits per heavy atom. The molecule has 0 aromatic heterocycles. The Kier molecular flexibility index (Phi) is 3.19. The van der Waals surface area contributed by atoms with Gasteiger partial charge in [0, 0.05) is 12.1 Å². The second-order valence-corrected chi connectivity index (χ2v) is 8.73. The zero-order valence-electron chi connectivity index (χ0n) is 10.9. The SMILES string of the molecule is NCC1(NCC(C2CC2)C2CC2)CCS(=O)(=O)C1. The minimum Gasteiger partial charge on any atom is -0.329 e. The van der Waals surface area contributed by atoms with Gasteiger partial charge in [-0.25, -0.2) is 8.42 Å². The number of nitrogens with two attached hydrogens (primary N) is 1. The van der Waals surface area contributed by atoms with E-state index < -0.39 is 9.84 Å². The van der Waals surface area contributed by atoms with Crippen molar-refractivity contribution in [1.29, 1.82) is 0 Å². The van der Waals surface area contributed by atoms with Crippen molar-refractivity contribution in [1.82, 2.24) is 5.32 Å². The van der Waals surface area contributed by atoms with Gasteiger partial charge in [-0.05, 0) is 56.4 Å². The van der Waals surface area contributed by atoms with Crippen molar-refractivity contribution in [3.05, 3.63) is 0 Å². The molecule has 104 valence electrons. The van der Waals surface area contributed by atoms with Gasteiger partial charge in [-0.3, -0.25) is 0 Å². The molecular weight excluding hydrogens is 248 g/mol. The monoisotopic (exact) mass is 272 g/mol. The predicted molar refractivity (Wildman–Crippen MR) is 72.0 cm³/mol. The van der Waals surface area contributed by atoms with Crippen molar-refractivity contribution in [2.45, 2.75) is 37.6 Å². The number of sulfone groups is 1. The molecule has 1 saturated heterocycles. The summed E-state index contributed by atoms with van der Waals surface area (Å²) in [6, 6.07) is 0. The van der Waals surface area contributed by atoms with Crippen LogP contribution in [-0.4, -0.2) is 38.6 Å². The fraction of sp³-hybridized carbons (Fsp3) is 1.00. The first-order chi connectivity index (χ1) is 8.54. The van der Waals surface area contributed by atoms with Gasteiger partial charge in [0.25, 0.3) is 0 Å². The van der Waals surface area contributed by atoms with Crippen molar-refractivity contribution < 1.29 is 8.42 Å². The smallest absolute Gasteiger partial charge is 0.152 e. The molecule has 1 heterocycles. The van der Waals surface area contributed by atoms with E-state index >= 15 is 0 Å². The number of nitrogens with one attached hydrogen (secondary N) is 1. The number of rotatable bonds is 6. The molecule has 2 aliphatic carbocycles. The lowest BCUT2D eigenvalue weighted by Gasteiger charge is -2.30. The van der Waals surface area contributed by atoms with Crippen LogP contribution in [0.2, 0.25) is 0 Å². The van der Waals surface area contributed by atoms with Gasteiger partial charge >= 0.3 is 0 Å². The maximum Gasteiger partial charge on any atom is 0.152 e. The average Bonchev–Trinajstić information content (AvgIpc) is 3.20. The molecule has 0 radical (unpaired) electrons. The summed E-state index contributed by atoms with van der Waals surface area (Å²) in [5, 5.41) is 3.54. The van der Waals surface area contributed by atoms with Crippen LogP contribution in [0.5, 0.6) is 0 Å². The van der Waals surface area contributed by atoms with Crippen LogP contribution >= 0.6 is 0 Å². The molecule has 1 atom stereocenters. The Morgan fingerprint density at radius 3 is 2.22 bits per heavy atom. The molecule has 0 aromatic carbocycles. The van der Waals surface area contributed by atoms with Crippen LogP contribution < -0.4 is 11.1 Å². The quantitative estimate of drug-likeness (QED) is 0.740. The zero-order chi connectivity index (χ0) is 12.8. The highest BCUT2D eigenvalue weighted by Crippen LogP contribution is 2.49. The van der Waals surface area contributed by atoms with Gasteiger partial charge in [0.05, 0.1) is 11.5 Å². The molecule has 18 heavy (non-hydrogen) atoms. The minimum atomic E-state index is -2.87. The van der Waals surface area contributed by atoms with Gasteiger partial charge in [-0.2, -0.15) is 0 Å². The Morgan fingerprint density at radius 1 is 1.22 bits per heavy atom. The summed E-state index contributed by atoms with van der Waals surface area (Å²) >= 11 is 0. The summed E-state index contributed by atoms with van der Waals surface area (Å²) in [5.41, 5.74) is 5.50. The zero-order valence-corrected chi connectivity index (χ0v) is 11.7. The highest BCUT2D eigenvalue weighted by Gasteiger charge is 2.45. The minimum absolute atomic E-state index is 0.235. The average molecular weight is 272 g/mol. The Balaban J connectivity index is 1.60. The van der Waals surface area contributed by atoms with Crippen LogP contribution in [0.25, 0.3) is 0 Å². The predicted octanol–water partition coefficient (Wildman–Crippen LogP) is 0.528. The molecule has 0 amide bonds. The topological polar surface area (TPSA) is 72.2 Å². The third-order valence-corrected chi connectivity index (χ3v) is 6.76. The second-order valence-electron chi connectivity index (χ2n) is 6.55. The largest absolute Gasteiger partial charge is 0.329 e. The Hall–Kier alpha value is -0.130. The lowest BCUT2D eigenvalue weighted by molar-refractivity contribution is 0.300. The van der Waals surface area contributed by atoms with Crippen molar-refractivity contribution in [2.24, 2.45) is 23.5 Å². The van der Waals surface area contributed by atoms with Gasteiger partial charge in [-0.15, -0.1) is 0 Å². The number of hydrogen-bond donors (Lipinski definition) is 2. The maximum absolute atomic E-state index is 11.6. The first-order valence-corrected chi connectivity index (χ1v) is 9.01. The van der Waals surface area contributed by atoms with Crippen molar-refractivity contribution >= 4 is 9.84 Å². The van der Waals surface area contributed by atoms with Crippen LogP contribution in [0.4, 0.5) is 0 Å². The van der Waals surface area contributed by atoms with E-state index in [0.717, 1.165) is 24.3 Å². The van der Waals surface area contributed by atoms with E-state index in [4.69, 9.17) is 5.73 Å². The normalized spacial score (nSPS) is 35.2. The molecule has 1 unspecified atom stereocenters. The van der Waals surface area contributed by atoms with Gasteiger partial charge in [-0.1, -0.05) is 0 Å². The van der Waals surface area contributed by atoms with Crippen LogP contribution in [-0.2, 0) is 9.84 Å². The van der Waals surface area contributed by atoms with Gasteiger partial charge in [0.2, 0.25) is 0 Å². The summed E-state index contributed by atoms with van der Waals surface area (Å²) < 4.78 is 23.3. The third-order valence-electron chi connectivity index (χ3n) is 4.95. The number of hydrogen-bond acceptors (Lipinski definition) is 4. The Bertz CT molecular complexity index is 403. The lowest BCUT2D eigenvalue weighted by Crippen LogP contribution is -2.54. The fourth-order valence-corrected chi connectivity index (χ4v) is 5.44. The molecule has 0 bridgehead atoms. The first kappa shape index (κ1) is 12.9. The van der Waals surface area contributed by atoms with Crippen LogP contribution in [0.15, 0.2) is 0 Å². The van der Waals surface area contributed by atoms with E-state index in [2.05, 4.69) is 5.32 Å². The van der Waals surface area contributed by atoms with Gasteiger partial charge in [0.15, 0.2) is 9.84 Å². The third kappa shape index (κ3) is 2.73. The summed E-state index contributed by atoms with van der Waals surface area (Å²) in [7, 11) is -2.87. The lowest BCUT2D eigenvalue weighted by atomic mass is 9.94. The molecule has 1 aliphatic heterocycles. The highest BCUT2D eigenvalue weighted by atomic mass is 32.2. The Labute approximate surface area is 110 Å². The van der Waals surface area contributed by atoms with Crippen molar-refractivity contribution in [3.8, 4) is 0 Å². The summed E-state index contributed by atoms with van der Waals surface area (Å²) in [5.74, 6) is 3.11. The second kappa shape index (κ2) is 4.46. The molecule has 0 aromatic rings. The van der Waals surface area contributed by atoms with Crippen LogP contribution in [0.3, 0.4) is 0 Å². The molecule has 3 N–H and O–H groups in total. The standard InChI is InChI=1S/C13H24N2O2S/c14-8-13(5-6-18(16,17)9-13)15-7-12(10-1-2-10)11-3-4-11/h10-12,15H,1-9,14H2. The molecule has 5 heteroatoms. The van der Waals surface area contributed by atoms with Crippen molar-refractivity contribution in [2.75, 3.05) is 24.6 Å². The van der Waals surface area contributed by atoms with E-state index in [1.165, 1.54) is 25.7 Å². The molecule has 3 aliphatic rings. The molecule has 3 fully saturated rings. The maximum atomic E-state index is 11.6. The van der Waals surface area contributed by atoms with E-state index in [1.54, 1.807) is 0 Å². The first-order valence-electron chi connectivity index (χ1n) is 7.19. The molecule has 3 rings (SSSR count). The van der Waals surface area contributed by atoms with Crippen LogP contribution in [0.1, 0.15) is 32.1 Å². The van der Waals surface area contributed by atoms with Gasteiger partial charge in [0.1, 0.15) is 0 Å². The molecule has 2 saturated carbocycles. The van der Waals surface area contributed by atoms with Crippen molar-refractivity contribution in [3.63, 3.8) is 0 Å². The van der Waals surface area contributed by atoms with E-state index in [1.807, 2.05) is 0 Å². The van der Waals surface area contributed by atoms with E-state index in [0.29, 0.717) is 18.7 Å². The van der Waals surface area contributed by atoms with E-state index in [-0.39, 0.29) is 11.3 Å². The molecular formula is C13H24N2O2S. The summed E-state index contributed by atoms with van der Waals surface area (Å²) in [6.07, 6.45) is 6.18. The molecule has 4 nitrogen and oxygen atoms in total. The highest BCUT2D eigenvalue weighted by molar-refractivity contribution is 7.91. The van der Waals surface area contributed by atoms with E-state index in [9.17, 15) is 8.42 Å². The summed E-state index contributed by atoms with van der Waals surface area (Å²) in [4.78, 5) is 0. The molecule has 0 spiro atoms. The fourth-order valence-electron chi connectivity index (χ4n) is 3.39. The van der Waals surface area contributed by atoms with Gasteiger partial charge < -0.3 is 11.1 Å². The summed E-state index contributed by atoms with van der Waals surface area (Å²) in [6.45, 7) is 1.41. The van der Waals surface area contributed by atoms with Crippen LogP contribution in [0, 0.1) is 17.8 Å².